The van der Waals surface area contributed by atoms with E-state index in [1.165, 1.54) is 6.42 Å². The molecule has 0 radical (unpaired) electrons. The van der Waals surface area contributed by atoms with Crippen molar-refractivity contribution in [2.75, 3.05) is 18.0 Å². The third-order valence-electron chi connectivity index (χ3n) is 5.72. The molecule has 1 saturated heterocycles. The van der Waals surface area contributed by atoms with Gasteiger partial charge in [0, 0.05) is 18.7 Å². The lowest BCUT2D eigenvalue weighted by molar-refractivity contribution is -0.130. The maximum atomic E-state index is 12.8. The Hall–Kier alpha value is -1.88. The third-order valence-corrected chi connectivity index (χ3v) is 5.72. The van der Waals surface area contributed by atoms with Crippen LogP contribution in [0, 0.1) is 5.41 Å². The summed E-state index contributed by atoms with van der Waals surface area (Å²) in [6, 6.07) is 9.26. The highest BCUT2D eigenvalue weighted by Crippen LogP contribution is 2.38. The van der Waals surface area contributed by atoms with Gasteiger partial charge >= 0.3 is 0 Å². The minimum absolute atomic E-state index is 0.00348. The average Bonchev–Trinajstić information content (AvgIpc) is 2.65. The summed E-state index contributed by atoms with van der Waals surface area (Å²) in [4.78, 5) is 27.2. The van der Waals surface area contributed by atoms with Gasteiger partial charge < -0.3 is 16.0 Å². The van der Waals surface area contributed by atoms with Crippen molar-refractivity contribution < 1.29 is 9.59 Å². The molecule has 1 aromatic carbocycles. The van der Waals surface area contributed by atoms with Crippen LogP contribution in [0.3, 0.4) is 0 Å². The van der Waals surface area contributed by atoms with E-state index in [0.717, 1.165) is 37.8 Å². The van der Waals surface area contributed by atoms with Crippen molar-refractivity contribution in [2.24, 2.45) is 11.1 Å². The predicted octanol–water partition coefficient (Wildman–Crippen LogP) is 2.60. The molecule has 1 aliphatic carbocycles. The van der Waals surface area contributed by atoms with E-state index in [0.29, 0.717) is 25.9 Å². The van der Waals surface area contributed by atoms with E-state index < -0.39 is 6.04 Å². The fourth-order valence-electron chi connectivity index (χ4n) is 4.21. The molecule has 0 spiro atoms. The second-order valence-corrected chi connectivity index (χ2v) is 7.53. The van der Waals surface area contributed by atoms with E-state index >= 15 is 0 Å². The molecule has 3 N–H and O–H groups in total. The quantitative estimate of drug-likeness (QED) is 0.863. The number of carbonyl (C=O) groups is 2. The molecule has 1 aromatic rings. The number of hydrogen-bond acceptors (Lipinski definition) is 3. The Morgan fingerprint density at radius 3 is 2.56 bits per heavy atom. The lowest BCUT2D eigenvalue weighted by Gasteiger charge is -2.37. The highest BCUT2D eigenvalue weighted by Gasteiger charge is 2.35. The molecule has 25 heavy (non-hydrogen) atoms. The Bertz CT molecular complexity index is 596. The van der Waals surface area contributed by atoms with Gasteiger partial charge in [-0.3, -0.25) is 9.59 Å². The van der Waals surface area contributed by atoms with E-state index in [2.05, 4.69) is 5.32 Å². The molecule has 2 amide bonds. The number of para-hydroxylation sites is 1. The predicted molar refractivity (Wildman–Crippen MR) is 99.1 cm³/mol. The van der Waals surface area contributed by atoms with Crippen LogP contribution in [0.2, 0.25) is 0 Å². The zero-order valence-electron chi connectivity index (χ0n) is 14.9. The van der Waals surface area contributed by atoms with Crippen LogP contribution in [-0.2, 0) is 9.59 Å². The molecule has 3 rings (SSSR count). The number of carbonyl (C=O) groups excluding carboxylic acids is 2. The standard InChI is InChI=1S/C20H29N3O2/c21-15-20(11-5-2-6-12-20)14-18(24)22-17-10-7-13-23(19(17)25)16-8-3-1-4-9-16/h1,3-4,8-9,17H,2,5-7,10-15,21H2,(H,22,24). The number of nitrogens with zero attached hydrogens (tertiary/aromatic N) is 1. The summed E-state index contributed by atoms with van der Waals surface area (Å²) in [6.45, 7) is 1.26. The number of benzene rings is 1. The number of anilines is 1. The topological polar surface area (TPSA) is 75.4 Å². The minimum atomic E-state index is -0.417. The molecule has 1 saturated carbocycles. The summed E-state index contributed by atoms with van der Waals surface area (Å²) in [5.74, 6) is -0.0307. The van der Waals surface area contributed by atoms with Gasteiger partial charge in [-0.25, -0.2) is 0 Å². The zero-order valence-corrected chi connectivity index (χ0v) is 14.9. The van der Waals surface area contributed by atoms with Crippen LogP contribution < -0.4 is 16.0 Å². The van der Waals surface area contributed by atoms with Gasteiger partial charge in [0.25, 0.3) is 0 Å². The molecule has 1 unspecified atom stereocenters. The van der Waals surface area contributed by atoms with Gasteiger partial charge in [-0.05, 0) is 49.8 Å². The largest absolute Gasteiger partial charge is 0.344 e. The molecule has 1 aliphatic heterocycles. The Kier molecular flexibility index (Phi) is 5.74. The maximum absolute atomic E-state index is 12.8. The van der Waals surface area contributed by atoms with Crippen molar-refractivity contribution >= 4 is 17.5 Å². The van der Waals surface area contributed by atoms with Crippen molar-refractivity contribution in [2.45, 2.75) is 57.4 Å². The Morgan fingerprint density at radius 2 is 1.88 bits per heavy atom. The van der Waals surface area contributed by atoms with Gasteiger partial charge in [-0.2, -0.15) is 0 Å². The van der Waals surface area contributed by atoms with Crippen molar-refractivity contribution in [3.63, 3.8) is 0 Å². The van der Waals surface area contributed by atoms with Crippen LogP contribution in [-0.4, -0.2) is 30.9 Å². The van der Waals surface area contributed by atoms with Gasteiger partial charge in [0.05, 0.1) is 0 Å². The Labute approximate surface area is 150 Å². The second kappa shape index (κ2) is 8.00. The maximum Gasteiger partial charge on any atom is 0.249 e. The number of nitrogens with two attached hydrogens (primary N) is 1. The molecule has 1 heterocycles. The molecule has 2 fully saturated rings. The Morgan fingerprint density at radius 1 is 1.16 bits per heavy atom. The van der Waals surface area contributed by atoms with Crippen LogP contribution in [0.5, 0.6) is 0 Å². The monoisotopic (exact) mass is 343 g/mol. The van der Waals surface area contributed by atoms with Crippen LogP contribution >= 0.6 is 0 Å². The smallest absolute Gasteiger partial charge is 0.249 e. The molecular weight excluding hydrogens is 314 g/mol. The molecule has 0 bridgehead atoms. The first-order valence-corrected chi connectivity index (χ1v) is 9.49. The normalized spacial score (nSPS) is 23.3. The number of piperidine rings is 1. The van der Waals surface area contributed by atoms with Gasteiger partial charge in [-0.1, -0.05) is 37.5 Å². The van der Waals surface area contributed by atoms with E-state index in [9.17, 15) is 9.59 Å². The average molecular weight is 343 g/mol. The van der Waals surface area contributed by atoms with Crippen LogP contribution in [0.1, 0.15) is 51.4 Å². The first kappa shape index (κ1) is 17.9. The summed E-state index contributed by atoms with van der Waals surface area (Å²) < 4.78 is 0. The first-order valence-electron chi connectivity index (χ1n) is 9.49. The fourth-order valence-corrected chi connectivity index (χ4v) is 4.21. The molecule has 0 aromatic heterocycles. The number of amides is 2. The van der Waals surface area contributed by atoms with Crippen molar-refractivity contribution in [3.8, 4) is 0 Å². The highest BCUT2D eigenvalue weighted by atomic mass is 16.2. The highest BCUT2D eigenvalue weighted by molar-refractivity contribution is 5.99. The minimum Gasteiger partial charge on any atom is -0.344 e. The fraction of sp³-hybridized carbons (Fsp3) is 0.600. The molecule has 5 nitrogen and oxygen atoms in total. The van der Waals surface area contributed by atoms with E-state index in [-0.39, 0.29) is 17.2 Å². The van der Waals surface area contributed by atoms with E-state index in [4.69, 9.17) is 5.73 Å². The summed E-state index contributed by atoms with van der Waals surface area (Å²) in [5.41, 5.74) is 6.82. The SMILES string of the molecule is NCC1(CC(=O)NC2CCCN(c3ccccc3)C2=O)CCCCC1. The Balaban J connectivity index is 1.61. The first-order chi connectivity index (χ1) is 12.1. The van der Waals surface area contributed by atoms with Crippen molar-refractivity contribution in [1.29, 1.82) is 0 Å². The lowest BCUT2D eigenvalue weighted by atomic mass is 9.71. The molecule has 5 heteroatoms. The third kappa shape index (κ3) is 4.21. The zero-order chi connectivity index (χ0) is 17.7. The number of hydrogen-bond donors (Lipinski definition) is 2. The van der Waals surface area contributed by atoms with Crippen molar-refractivity contribution in [1.82, 2.24) is 5.32 Å². The molecular formula is C20H29N3O2. The van der Waals surface area contributed by atoms with Crippen LogP contribution in [0.25, 0.3) is 0 Å². The molecule has 1 atom stereocenters. The number of rotatable bonds is 5. The van der Waals surface area contributed by atoms with Gasteiger partial charge in [0.15, 0.2) is 0 Å². The molecule has 136 valence electrons. The number of nitrogens with one attached hydrogen (secondary N) is 1. The van der Waals surface area contributed by atoms with Gasteiger partial charge in [0.2, 0.25) is 11.8 Å². The van der Waals surface area contributed by atoms with E-state index in [1.807, 2.05) is 30.3 Å². The summed E-state index contributed by atoms with van der Waals surface area (Å²) in [6.07, 6.45) is 7.62. The summed E-state index contributed by atoms with van der Waals surface area (Å²) in [5, 5.41) is 2.99. The van der Waals surface area contributed by atoms with E-state index in [1.54, 1.807) is 4.90 Å². The van der Waals surface area contributed by atoms with Crippen LogP contribution in [0.4, 0.5) is 5.69 Å². The van der Waals surface area contributed by atoms with Gasteiger partial charge in [0.1, 0.15) is 6.04 Å². The molecule has 2 aliphatic rings. The van der Waals surface area contributed by atoms with Gasteiger partial charge in [-0.15, -0.1) is 0 Å². The van der Waals surface area contributed by atoms with Crippen molar-refractivity contribution in [3.05, 3.63) is 30.3 Å². The summed E-state index contributed by atoms with van der Waals surface area (Å²) in [7, 11) is 0. The summed E-state index contributed by atoms with van der Waals surface area (Å²) >= 11 is 0. The lowest BCUT2D eigenvalue weighted by Crippen LogP contribution is -2.53. The second-order valence-electron chi connectivity index (χ2n) is 7.53. The van der Waals surface area contributed by atoms with Crippen LogP contribution in [0.15, 0.2) is 30.3 Å².